The average Bonchev–Trinajstić information content (AvgIpc) is 2.59. The molecular weight excluding hydrogens is 324 g/mol. The Bertz CT molecular complexity index is 487. The summed E-state index contributed by atoms with van der Waals surface area (Å²) in [5.41, 5.74) is 6.76. The Morgan fingerprint density at radius 1 is 1.25 bits per heavy atom. The number of nitrogens with zero attached hydrogens (tertiary/aromatic N) is 1. The fourth-order valence-electron chi connectivity index (χ4n) is 3.48. The summed E-state index contributed by atoms with van der Waals surface area (Å²) in [6.45, 7) is 6.12. The van der Waals surface area contributed by atoms with Crippen molar-refractivity contribution in [3.63, 3.8) is 0 Å². The molecule has 1 heterocycles. The van der Waals surface area contributed by atoms with Crippen LogP contribution in [0, 0.1) is 17.8 Å². The zero-order chi connectivity index (χ0) is 16.8. The molecule has 0 saturated carbocycles. The number of benzene rings is 1. The van der Waals surface area contributed by atoms with Crippen LogP contribution in [0.2, 0.25) is 0 Å². The zero-order valence-corrected chi connectivity index (χ0v) is 15.5. The zero-order valence-electron chi connectivity index (χ0n) is 14.7. The fourth-order valence-corrected chi connectivity index (χ4v) is 3.48. The van der Waals surface area contributed by atoms with Crippen molar-refractivity contribution in [1.82, 2.24) is 4.90 Å². The molecule has 1 aromatic carbocycles. The maximum absolute atomic E-state index is 12.6. The van der Waals surface area contributed by atoms with Crippen molar-refractivity contribution in [2.45, 2.75) is 39.2 Å². The number of hydrogen-bond acceptors (Lipinski definition) is 3. The Morgan fingerprint density at radius 3 is 2.33 bits per heavy atom. The van der Waals surface area contributed by atoms with E-state index in [9.17, 15) is 9.90 Å². The lowest BCUT2D eigenvalue weighted by atomic mass is 9.86. The van der Waals surface area contributed by atoms with Gasteiger partial charge < -0.3 is 15.7 Å². The van der Waals surface area contributed by atoms with E-state index in [1.54, 1.807) is 0 Å². The van der Waals surface area contributed by atoms with Crippen molar-refractivity contribution >= 4 is 18.3 Å². The van der Waals surface area contributed by atoms with E-state index in [1.165, 1.54) is 0 Å². The predicted octanol–water partition coefficient (Wildman–Crippen LogP) is 3.00. The highest BCUT2D eigenvalue weighted by atomic mass is 35.5. The lowest BCUT2D eigenvalue weighted by molar-refractivity contribution is -0.137. The molecule has 0 spiro atoms. The third kappa shape index (κ3) is 5.47. The molecule has 1 fully saturated rings. The van der Waals surface area contributed by atoms with E-state index in [4.69, 9.17) is 5.73 Å². The lowest BCUT2D eigenvalue weighted by Crippen LogP contribution is -2.44. The highest BCUT2D eigenvalue weighted by molar-refractivity contribution is 5.85. The summed E-state index contributed by atoms with van der Waals surface area (Å²) in [5.74, 6) is 0.826. The smallest absolute Gasteiger partial charge is 0.226 e. The number of piperidine rings is 1. The van der Waals surface area contributed by atoms with Crippen LogP contribution in [0.1, 0.15) is 44.8 Å². The molecule has 3 N–H and O–H groups in total. The van der Waals surface area contributed by atoms with Gasteiger partial charge in [0.15, 0.2) is 0 Å². The van der Waals surface area contributed by atoms with E-state index >= 15 is 0 Å². The number of hydrogen-bond donors (Lipinski definition) is 2. The summed E-state index contributed by atoms with van der Waals surface area (Å²) >= 11 is 0. The first-order valence-corrected chi connectivity index (χ1v) is 8.74. The molecule has 1 amide bonds. The second-order valence-electron chi connectivity index (χ2n) is 7.08. The van der Waals surface area contributed by atoms with Crippen LogP contribution in [0.5, 0.6) is 0 Å². The number of aliphatic hydroxyl groups excluding tert-OH is 1. The molecule has 0 bridgehead atoms. The van der Waals surface area contributed by atoms with Crippen LogP contribution in [0.15, 0.2) is 30.3 Å². The van der Waals surface area contributed by atoms with Crippen molar-refractivity contribution in [2.24, 2.45) is 23.5 Å². The molecule has 1 aromatic rings. The number of aliphatic hydroxyl groups is 1. The Kier molecular flexibility index (Phi) is 8.74. The molecule has 0 aromatic heterocycles. The Labute approximate surface area is 151 Å². The van der Waals surface area contributed by atoms with Crippen LogP contribution < -0.4 is 5.73 Å². The van der Waals surface area contributed by atoms with Gasteiger partial charge in [-0.3, -0.25) is 4.79 Å². The minimum absolute atomic E-state index is 0. The van der Waals surface area contributed by atoms with E-state index < -0.39 is 6.10 Å². The molecule has 136 valence electrons. The number of nitrogens with two attached hydrogens (primary N) is 1. The number of carbonyl (C=O) groups is 1. The van der Waals surface area contributed by atoms with Crippen molar-refractivity contribution in [1.29, 1.82) is 0 Å². The lowest BCUT2D eigenvalue weighted by Gasteiger charge is -2.36. The summed E-state index contributed by atoms with van der Waals surface area (Å²) in [7, 11) is 0. The molecule has 4 nitrogen and oxygen atoms in total. The topological polar surface area (TPSA) is 66.6 Å². The monoisotopic (exact) mass is 354 g/mol. The van der Waals surface area contributed by atoms with Crippen LogP contribution in [0.25, 0.3) is 0 Å². The van der Waals surface area contributed by atoms with Gasteiger partial charge in [0, 0.05) is 19.6 Å². The first-order chi connectivity index (χ1) is 11.0. The third-order valence-corrected chi connectivity index (χ3v) is 4.83. The summed E-state index contributed by atoms with van der Waals surface area (Å²) in [5, 5.41) is 10.5. The quantitative estimate of drug-likeness (QED) is 0.825. The summed E-state index contributed by atoms with van der Waals surface area (Å²) < 4.78 is 0. The molecule has 5 heteroatoms. The Hall–Kier alpha value is -1.10. The van der Waals surface area contributed by atoms with Gasteiger partial charge in [0.1, 0.15) is 0 Å². The van der Waals surface area contributed by atoms with Crippen molar-refractivity contribution in [3.05, 3.63) is 35.9 Å². The molecular formula is C19H31ClN2O2. The van der Waals surface area contributed by atoms with Crippen molar-refractivity contribution in [2.75, 3.05) is 19.6 Å². The van der Waals surface area contributed by atoms with E-state index in [1.807, 2.05) is 35.2 Å². The van der Waals surface area contributed by atoms with Gasteiger partial charge in [-0.05, 0) is 36.7 Å². The number of amides is 1. The Morgan fingerprint density at radius 2 is 1.83 bits per heavy atom. The van der Waals surface area contributed by atoms with Crippen molar-refractivity contribution in [3.8, 4) is 0 Å². The van der Waals surface area contributed by atoms with Gasteiger partial charge in [0.25, 0.3) is 0 Å². The van der Waals surface area contributed by atoms with Crippen LogP contribution in [0.4, 0.5) is 0 Å². The van der Waals surface area contributed by atoms with E-state index in [0.29, 0.717) is 12.5 Å². The average molecular weight is 355 g/mol. The van der Waals surface area contributed by atoms with Crippen LogP contribution in [-0.4, -0.2) is 35.5 Å². The molecule has 1 saturated heterocycles. The SMILES string of the molecule is CC(C)CC(CN)C(=O)N1CCC(C(O)c2ccccc2)CC1.Cl. The molecule has 2 unspecified atom stereocenters. The van der Waals surface area contributed by atoms with Gasteiger partial charge in [-0.25, -0.2) is 0 Å². The fraction of sp³-hybridized carbons (Fsp3) is 0.632. The first-order valence-electron chi connectivity index (χ1n) is 8.74. The third-order valence-electron chi connectivity index (χ3n) is 4.83. The molecule has 1 aliphatic heterocycles. The van der Waals surface area contributed by atoms with E-state index in [2.05, 4.69) is 13.8 Å². The molecule has 24 heavy (non-hydrogen) atoms. The molecule has 2 atom stereocenters. The molecule has 2 rings (SSSR count). The minimum Gasteiger partial charge on any atom is -0.388 e. The molecule has 0 aliphatic carbocycles. The van der Waals surface area contributed by atoms with Crippen molar-refractivity contribution < 1.29 is 9.90 Å². The van der Waals surface area contributed by atoms with E-state index in [0.717, 1.165) is 37.9 Å². The number of likely N-dealkylation sites (tertiary alicyclic amines) is 1. The second-order valence-corrected chi connectivity index (χ2v) is 7.08. The van der Waals surface area contributed by atoms with Gasteiger partial charge in [0.2, 0.25) is 5.91 Å². The maximum atomic E-state index is 12.6. The summed E-state index contributed by atoms with van der Waals surface area (Å²) in [6, 6.07) is 9.80. The number of rotatable bonds is 6. The van der Waals surface area contributed by atoms with Gasteiger partial charge in [-0.1, -0.05) is 44.2 Å². The number of halogens is 1. The van der Waals surface area contributed by atoms with Gasteiger partial charge >= 0.3 is 0 Å². The summed E-state index contributed by atoms with van der Waals surface area (Å²) in [4.78, 5) is 14.5. The van der Waals surface area contributed by atoms with Gasteiger partial charge in [0.05, 0.1) is 12.0 Å². The maximum Gasteiger partial charge on any atom is 0.226 e. The van der Waals surface area contributed by atoms with Crippen LogP contribution in [0.3, 0.4) is 0 Å². The molecule has 1 aliphatic rings. The normalized spacial score (nSPS) is 18.1. The van der Waals surface area contributed by atoms with Crippen LogP contribution >= 0.6 is 12.4 Å². The predicted molar refractivity (Wildman–Crippen MR) is 100.0 cm³/mol. The van der Waals surface area contributed by atoms with Gasteiger partial charge in [-0.15, -0.1) is 12.4 Å². The minimum atomic E-state index is -0.436. The summed E-state index contributed by atoms with van der Waals surface area (Å²) in [6.07, 6.45) is 2.11. The molecule has 0 radical (unpaired) electrons. The van der Waals surface area contributed by atoms with Gasteiger partial charge in [-0.2, -0.15) is 0 Å². The standard InChI is InChI=1S/C19H30N2O2.ClH/c1-14(2)12-17(13-20)19(23)21-10-8-16(9-11-21)18(22)15-6-4-3-5-7-15;/h3-7,14,16-18,22H,8-13,20H2,1-2H3;1H. The Balaban J connectivity index is 0.00000288. The van der Waals surface area contributed by atoms with Crippen LogP contribution in [-0.2, 0) is 4.79 Å². The highest BCUT2D eigenvalue weighted by Crippen LogP contribution is 2.31. The first kappa shape index (κ1) is 20.9. The van der Waals surface area contributed by atoms with E-state index in [-0.39, 0.29) is 30.2 Å². The largest absolute Gasteiger partial charge is 0.388 e. The number of carbonyl (C=O) groups excluding carboxylic acids is 1. The second kappa shape index (κ2) is 10.0. The highest BCUT2D eigenvalue weighted by Gasteiger charge is 2.30.